The van der Waals surface area contributed by atoms with Crippen molar-refractivity contribution in [2.45, 2.75) is 0 Å². The first kappa shape index (κ1) is 17.9. The van der Waals surface area contributed by atoms with Crippen LogP contribution >= 0.6 is 11.6 Å². The molecule has 134 valence electrons. The van der Waals surface area contributed by atoms with Crippen LogP contribution in [0.25, 0.3) is 6.08 Å². The van der Waals surface area contributed by atoms with Crippen molar-refractivity contribution in [2.24, 2.45) is 0 Å². The zero-order chi connectivity index (χ0) is 18.5. The molecule has 26 heavy (non-hydrogen) atoms. The zero-order valence-electron chi connectivity index (χ0n) is 13.9. The number of amides is 1. The fourth-order valence-corrected chi connectivity index (χ4v) is 2.89. The zero-order valence-corrected chi connectivity index (χ0v) is 14.7. The smallest absolute Gasteiger partial charge is 0.311 e. The van der Waals surface area contributed by atoms with Crippen LogP contribution in [0.3, 0.4) is 0 Å². The summed E-state index contributed by atoms with van der Waals surface area (Å²) in [5.74, 6) is 0.261. The Balaban J connectivity index is 1.61. The fraction of sp³-hybridized carbons (Fsp3) is 0.222. The summed E-state index contributed by atoms with van der Waals surface area (Å²) < 4.78 is 0. The first-order chi connectivity index (χ1) is 12.5. The van der Waals surface area contributed by atoms with Crippen molar-refractivity contribution < 1.29 is 9.72 Å². The topological polar surface area (TPSA) is 79.6 Å². The van der Waals surface area contributed by atoms with Crippen molar-refractivity contribution in [3.63, 3.8) is 0 Å². The second-order valence-corrected chi connectivity index (χ2v) is 6.24. The standard InChI is InChI=1S/C18H17ClN4O3/c19-15-6-3-14(4-7-15)5-8-17(24)21-10-12-22(13-11-21)18-16(23(25)26)2-1-9-20-18/h1-9H,10-13H2. The monoisotopic (exact) mass is 372 g/mol. The van der Waals surface area contributed by atoms with Gasteiger partial charge in [-0.1, -0.05) is 23.7 Å². The lowest BCUT2D eigenvalue weighted by Gasteiger charge is -2.34. The molecule has 0 unspecified atom stereocenters. The third-order valence-corrected chi connectivity index (χ3v) is 4.39. The van der Waals surface area contributed by atoms with Crippen LogP contribution in [0.1, 0.15) is 5.56 Å². The molecular weight excluding hydrogens is 356 g/mol. The molecule has 2 aromatic rings. The number of aromatic nitrogens is 1. The number of pyridine rings is 1. The third kappa shape index (κ3) is 4.18. The van der Waals surface area contributed by atoms with Gasteiger partial charge in [-0.3, -0.25) is 14.9 Å². The highest BCUT2D eigenvalue weighted by molar-refractivity contribution is 6.30. The van der Waals surface area contributed by atoms with E-state index in [4.69, 9.17) is 11.6 Å². The molecule has 1 aliphatic rings. The highest BCUT2D eigenvalue weighted by Crippen LogP contribution is 2.25. The van der Waals surface area contributed by atoms with E-state index in [0.717, 1.165) is 5.56 Å². The molecule has 1 saturated heterocycles. The molecule has 0 radical (unpaired) electrons. The van der Waals surface area contributed by atoms with Crippen LogP contribution in [0.4, 0.5) is 11.5 Å². The van der Waals surface area contributed by atoms with Crippen LogP contribution in [0.15, 0.2) is 48.7 Å². The van der Waals surface area contributed by atoms with Crippen molar-refractivity contribution in [1.82, 2.24) is 9.88 Å². The van der Waals surface area contributed by atoms with E-state index in [1.165, 1.54) is 18.3 Å². The molecule has 0 atom stereocenters. The van der Waals surface area contributed by atoms with E-state index in [1.54, 1.807) is 29.2 Å². The number of nitrogens with zero attached hydrogens (tertiary/aromatic N) is 4. The summed E-state index contributed by atoms with van der Waals surface area (Å²) in [4.78, 5) is 30.7. The van der Waals surface area contributed by atoms with E-state index < -0.39 is 4.92 Å². The van der Waals surface area contributed by atoms with Gasteiger partial charge in [-0.25, -0.2) is 4.98 Å². The molecular formula is C18H17ClN4O3. The van der Waals surface area contributed by atoms with E-state index in [1.807, 2.05) is 17.0 Å². The number of benzene rings is 1. The Morgan fingerprint density at radius 1 is 1.15 bits per heavy atom. The summed E-state index contributed by atoms with van der Waals surface area (Å²) in [7, 11) is 0. The van der Waals surface area contributed by atoms with E-state index >= 15 is 0 Å². The Morgan fingerprint density at radius 2 is 1.85 bits per heavy atom. The van der Waals surface area contributed by atoms with Gasteiger partial charge >= 0.3 is 5.69 Å². The van der Waals surface area contributed by atoms with Gasteiger partial charge < -0.3 is 9.80 Å². The number of carbonyl (C=O) groups is 1. The molecule has 3 rings (SSSR count). The number of nitro groups is 1. The maximum atomic E-state index is 12.3. The minimum Gasteiger partial charge on any atom is -0.347 e. The van der Waals surface area contributed by atoms with Gasteiger partial charge in [0.1, 0.15) is 0 Å². The lowest BCUT2D eigenvalue weighted by Crippen LogP contribution is -2.48. The van der Waals surface area contributed by atoms with Crippen LogP contribution < -0.4 is 4.90 Å². The Morgan fingerprint density at radius 3 is 2.50 bits per heavy atom. The molecule has 0 spiro atoms. The van der Waals surface area contributed by atoms with E-state index in [2.05, 4.69) is 4.98 Å². The number of hydrogen-bond acceptors (Lipinski definition) is 5. The van der Waals surface area contributed by atoms with E-state index in [-0.39, 0.29) is 11.6 Å². The quantitative estimate of drug-likeness (QED) is 0.468. The first-order valence-corrected chi connectivity index (χ1v) is 8.49. The average Bonchev–Trinajstić information content (AvgIpc) is 2.67. The van der Waals surface area contributed by atoms with Gasteiger partial charge in [0.2, 0.25) is 11.7 Å². The SMILES string of the molecule is O=C(C=Cc1ccc(Cl)cc1)N1CCN(c2ncccc2[N+](=O)[O-])CC1. The van der Waals surface area contributed by atoms with Gasteiger partial charge in [0.05, 0.1) is 4.92 Å². The van der Waals surface area contributed by atoms with Crippen LogP contribution in [0.5, 0.6) is 0 Å². The van der Waals surface area contributed by atoms with Crippen LogP contribution in [-0.4, -0.2) is 46.9 Å². The third-order valence-electron chi connectivity index (χ3n) is 4.14. The van der Waals surface area contributed by atoms with Gasteiger partial charge in [-0.05, 0) is 29.8 Å². The Kier molecular flexibility index (Phi) is 5.48. The summed E-state index contributed by atoms with van der Waals surface area (Å²) in [6.45, 7) is 1.96. The molecule has 0 aliphatic carbocycles. The highest BCUT2D eigenvalue weighted by atomic mass is 35.5. The predicted octanol–water partition coefficient (Wildman–Crippen LogP) is 3.01. The van der Waals surface area contributed by atoms with Gasteiger partial charge in [0, 0.05) is 49.5 Å². The number of anilines is 1. The summed E-state index contributed by atoms with van der Waals surface area (Å²) in [6.07, 6.45) is 4.81. The largest absolute Gasteiger partial charge is 0.347 e. The van der Waals surface area contributed by atoms with E-state index in [9.17, 15) is 14.9 Å². The summed E-state index contributed by atoms with van der Waals surface area (Å²) in [5, 5.41) is 11.8. The van der Waals surface area contributed by atoms with Crippen molar-refractivity contribution in [2.75, 3.05) is 31.1 Å². The van der Waals surface area contributed by atoms with Crippen molar-refractivity contribution in [1.29, 1.82) is 0 Å². The molecule has 1 amide bonds. The second kappa shape index (κ2) is 7.97. The Hall–Kier alpha value is -2.93. The van der Waals surface area contributed by atoms with Crippen molar-refractivity contribution >= 4 is 35.1 Å². The lowest BCUT2D eigenvalue weighted by atomic mass is 10.2. The molecule has 7 nitrogen and oxygen atoms in total. The Labute approximate surface area is 155 Å². The maximum Gasteiger partial charge on any atom is 0.311 e. The van der Waals surface area contributed by atoms with Crippen LogP contribution in [0.2, 0.25) is 5.02 Å². The molecule has 2 heterocycles. The number of piperazine rings is 1. The first-order valence-electron chi connectivity index (χ1n) is 8.11. The number of hydrogen-bond donors (Lipinski definition) is 0. The number of rotatable bonds is 4. The molecule has 0 bridgehead atoms. The second-order valence-electron chi connectivity index (χ2n) is 5.80. The molecule has 1 aliphatic heterocycles. The summed E-state index contributed by atoms with van der Waals surface area (Å²) in [5.41, 5.74) is 0.875. The van der Waals surface area contributed by atoms with Crippen LogP contribution in [0, 0.1) is 10.1 Å². The Bertz CT molecular complexity index is 831. The molecule has 1 fully saturated rings. The lowest BCUT2D eigenvalue weighted by molar-refractivity contribution is -0.384. The normalized spacial score (nSPS) is 14.7. The van der Waals surface area contributed by atoms with Gasteiger partial charge in [-0.2, -0.15) is 0 Å². The molecule has 1 aromatic heterocycles. The van der Waals surface area contributed by atoms with E-state index in [0.29, 0.717) is 37.0 Å². The van der Waals surface area contributed by atoms with Crippen LogP contribution in [-0.2, 0) is 4.79 Å². The molecule has 0 N–H and O–H groups in total. The number of carbonyl (C=O) groups excluding carboxylic acids is 1. The molecule has 8 heteroatoms. The fourth-order valence-electron chi connectivity index (χ4n) is 2.76. The minimum absolute atomic E-state index is 0.0186. The summed E-state index contributed by atoms with van der Waals surface area (Å²) >= 11 is 5.84. The molecule has 0 saturated carbocycles. The average molecular weight is 373 g/mol. The van der Waals surface area contributed by atoms with Gasteiger partial charge in [0.15, 0.2) is 0 Å². The van der Waals surface area contributed by atoms with Crippen molar-refractivity contribution in [3.8, 4) is 0 Å². The maximum absolute atomic E-state index is 12.3. The predicted molar refractivity (Wildman–Crippen MR) is 100 cm³/mol. The van der Waals surface area contributed by atoms with Gasteiger partial charge in [-0.15, -0.1) is 0 Å². The summed E-state index contributed by atoms with van der Waals surface area (Å²) in [6, 6.07) is 10.2. The number of halogens is 1. The minimum atomic E-state index is -0.436. The highest BCUT2D eigenvalue weighted by Gasteiger charge is 2.25. The van der Waals surface area contributed by atoms with Crippen molar-refractivity contribution in [3.05, 3.63) is 69.4 Å². The molecule has 1 aromatic carbocycles. The van der Waals surface area contributed by atoms with Gasteiger partial charge in [0.25, 0.3) is 0 Å².